The van der Waals surface area contributed by atoms with Gasteiger partial charge in [-0.3, -0.25) is 4.79 Å². The summed E-state index contributed by atoms with van der Waals surface area (Å²) in [7, 11) is 2.06. The first-order valence-corrected chi connectivity index (χ1v) is 13.9. The first-order chi connectivity index (χ1) is 19.1. The molecule has 0 saturated heterocycles. The molecular formula is C34H37N3O2. The van der Waals surface area contributed by atoms with Gasteiger partial charge in [-0.05, 0) is 65.8 Å². The van der Waals surface area contributed by atoms with Crippen LogP contribution < -0.4 is 9.64 Å². The Balaban J connectivity index is 1.64. The number of hydrogen-bond donors (Lipinski definition) is 0. The third kappa shape index (κ3) is 6.83. The van der Waals surface area contributed by atoms with Crippen LogP contribution in [0, 0.1) is 11.3 Å². The highest BCUT2D eigenvalue weighted by molar-refractivity contribution is 5.98. The van der Waals surface area contributed by atoms with E-state index in [-0.39, 0.29) is 0 Å². The van der Waals surface area contributed by atoms with Crippen molar-refractivity contribution in [3.8, 4) is 22.9 Å². The van der Waals surface area contributed by atoms with Gasteiger partial charge in [-0.2, -0.15) is 5.26 Å². The van der Waals surface area contributed by atoms with Gasteiger partial charge < -0.3 is 9.64 Å². The Bertz CT molecular complexity index is 1400. The number of ether oxygens (including phenoxy) is 1. The van der Waals surface area contributed by atoms with Crippen LogP contribution in [0.1, 0.15) is 62.6 Å². The molecule has 0 amide bonds. The number of amidine groups is 1. The summed E-state index contributed by atoms with van der Waals surface area (Å²) >= 11 is 0. The minimum atomic E-state index is 0.519. The maximum absolute atomic E-state index is 12.4. The van der Waals surface area contributed by atoms with E-state index in [0.717, 1.165) is 96.7 Å². The number of carbonyl (C=O) groups excluding carboxylic acids is 1. The molecular weight excluding hydrogens is 482 g/mol. The molecule has 0 N–H and O–H groups in total. The number of rotatable bonds is 11. The van der Waals surface area contributed by atoms with E-state index >= 15 is 0 Å². The number of fused-ring (bicyclic) bond motifs is 1. The molecule has 0 saturated carbocycles. The van der Waals surface area contributed by atoms with Crippen LogP contribution in [0.4, 0.5) is 5.69 Å². The van der Waals surface area contributed by atoms with Gasteiger partial charge in [0.05, 0.1) is 18.2 Å². The SMILES string of the molecule is CCCC/C(N=C(CCC)N(C)c1ccc2c(c1)CCO2)=C(/C=O)Cc1ccc(-c2ccccc2C#N)cc1. The molecule has 1 aliphatic heterocycles. The molecule has 1 heterocycles. The highest BCUT2D eigenvalue weighted by Gasteiger charge is 2.17. The minimum absolute atomic E-state index is 0.519. The van der Waals surface area contributed by atoms with E-state index in [1.807, 2.05) is 54.6 Å². The molecule has 1 aliphatic rings. The van der Waals surface area contributed by atoms with Crippen LogP contribution in [0.5, 0.6) is 5.75 Å². The molecule has 0 radical (unpaired) electrons. The largest absolute Gasteiger partial charge is 0.493 e. The zero-order chi connectivity index (χ0) is 27.6. The Kier molecular flexibility index (Phi) is 9.69. The van der Waals surface area contributed by atoms with Crippen molar-refractivity contribution >= 4 is 17.8 Å². The zero-order valence-corrected chi connectivity index (χ0v) is 23.2. The minimum Gasteiger partial charge on any atom is -0.493 e. The fourth-order valence-corrected chi connectivity index (χ4v) is 4.91. The van der Waals surface area contributed by atoms with E-state index in [4.69, 9.17) is 9.73 Å². The standard InChI is InChI=1S/C34H37N3O2/c1-4-6-12-32(36-34(9-5-2)37(3)30-17-18-33-27(22-30)19-20-39-33)29(24-38)21-25-13-15-26(16-14-25)31-11-8-7-10-28(31)23-35/h7-8,10-11,13-18,22,24H,4-6,9,12,19-21H2,1-3H3/b32-29-,36-34?. The lowest BCUT2D eigenvalue weighted by Crippen LogP contribution is -2.26. The van der Waals surface area contributed by atoms with Crippen molar-refractivity contribution in [2.75, 3.05) is 18.6 Å². The number of unbranched alkanes of at least 4 members (excludes halogenated alkanes) is 1. The molecule has 3 aromatic carbocycles. The summed E-state index contributed by atoms with van der Waals surface area (Å²) in [6.45, 7) is 5.05. The van der Waals surface area contributed by atoms with Crippen LogP contribution in [0.25, 0.3) is 11.1 Å². The van der Waals surface area contributed by atoms with Crippen molar-refractivity contribution in [1.82, 2.24) is 0 Å². The number of anilines is 1. The number of nitrogens with zero attached hydrogens (tertiary/aromatic N) is 3. The summed E-state index contributed by atoms with van der Waals surface area (Å²) in [5.41, 5.74) is 7.50. The molecule has 0 atom stereocenters. The Hall–Kier alpha value is -4.17. The van der Waals surface area contributed by atoms with Gasteiger partial charge in [-0.25, -0.2) is 4.99 Å². The average Bonchev–Trinajstić information content (AvgIpc) is 3.46. The fourth-order valence-electron chi connectivity index (χ4n) is 4.91. The first-order valence-electron chi connectivity index (χ1n) is 13.9. The van der Waals surface area contributed by atoms with E-state index in [1.54, 1.807) is 0 Å². The quantitative estimate of drug-likeness (QED) is 0.113. The van der Waals surface area contributed by atoms with Crippen LogP contribution in [0.3, 0.4) is 0 Å². The molecule has 200 valence electrons. The predicted octanol–water partition coefficient (Wildman–Crippen LogP) is 7.68. The second-order valence-corrected chi connectivity index (χ2v) is 9.95. The van der Waals surface area contributed by atoms with Gasteiger partial charge in [0.25, 0.3) is 0 Å². The number of aldehydes is 1. The van der Waals surface area contributed by atoms with E-state index in [2.05, 4.69) is 44.0 Å². The Morgan fingerprint density at radius 3 is 2.56 bits per heavy atom. The molecule has 4 rings (SSSR count). The second kappa shape index (κ2) is 13.6. The number of carbonyl (C=O) groups is 1. The van der Waals surface area contributed by atoms with Crippen molar-refractivity contribution in [2.24, 2.45) is 4.99 Å². The zero-order valence-electron chi connectivity index (χ0n) is 23.2. The topological polar surface area (TPSA) is 65.7 Å². The molecule has 0 spiro atoms. The van der Waals surface area contributed by atoms with Crippen LogP contribution in [0.15, 0.2) is 83.0 Å². The van der Waals surface area contributed by atoms with E-state index in [9.17, 15) is 10.1 Å². The molecule has 5 nitrogen and oxygen atoms in total. The van der Waals surface area contributed by atoms with Gasteiger partial charge in [0.2, 0.25) is 0 Å². The third-order valence-electron chi connectivity index (χ3n) is 7.17. The van der Waals surface area contributed by atoms with Gasteiger partial charge in [0.15, 0.2) is 0 Å². The molecule has 5 heteroatoms. The third-order valence-corrected chi connectivity index (χ3v) is 7.17. The Labute approximate surface area is 232 Å². The molecule has 0 aliphatic carbocycles. The number of nitriles is 1. The fraction of sp³-hybridized carbons (Fsp3) is 0.324. The lowest BCUT2D eigenvalue weighted by atomic mass is 9.97. The van der Waals surface area contributed by atoms with Crippen molar-refractivity contribution in [3.05, 3.63) is 94.7 Å². The number of aliphatic imine (C=N–C) groups is 1. The molecule has 0 fully saturated rings. The van der Waals surface area contributed by atoms with Crippen LogP contribution in [-0.2, 0) is 17.6 Å². The summed E-state index contributed by atoms with van der Waals surface area (Å²) < 4.78 is 5.69. The normalized spacial score (nSPS) is 13.2. The first kappa shape index (κ1) is 27.9. The predicted molar refractivity (Wildman–Crippen MR) is 159 cm³/mol. The van der Waals surface area contributed by atoms with Gasteiger partial charge in [0.1, 0.15) is 17.9 Å². The lowest BCUT2D eigenvalue weighted by Gasteiger charge is -2.23. The van der Waals surface area contributed by atoms with E-state index in [0.29, 0.717) is 12.0 Å². The highest BCUT2D eigenvalue weighted by atomic mass is 16.5. The highest BCUT2D eigenvalue weighted by Crippen LogP contribution is 2.30. The van der Waals surface area contributed by atoms with Crippen LogP contribution >= 0.6 is 0 Å². The summed E-state index contributed by atoms with van der Waals surface area (Å²) in [4.78, 5) is 19.7. The molecule has 0 unspecified atom stereocenters. The summed E-state index contributed by atoms with van der Waals surface area (Å²) in [5, 5.41) is 9.46. The van der Waals surface area contributed by atoms with Crippen molar-refractivity contribution < 1.29 is 9.53 Å². The maximum Gasteiger partial charge on any atom is 0.148 e. The molecule has 3 aromatic rings. The van der Waals surface area contributed by atoms with Crippen LogP contribution in [-0.4, -0.2) is 25.8 Å². The summed E-state index contributed by atoms with van der Waals surface area (Å²) in [6, 6.07) is 24.3. The van der Waals surface area contributed by atoms with E-state index in [1.165, 1.54) is 5.56 Å². The molecule has 0 bridgehead atoms. The van der Waals surface area contributed by atoms with Crippen molar-refractivity contribution in [1.29, 1.82) is 5.26 Å². The monoisotopic (exact) mass is 519 g/mol. The average molecular weight is 520 g/mol. The summed E-state index contributed by atoms with van der Waals surface area (Å²) in [5.74, 6) is 1.93. The summed E-state index contributed by atoms with van der Waals surface area (Å²) in [6.07, 6.45) is 6.96. The number of hydrogen-bond acceptors (Lipinski definition) is 4. The molecule has 39 heavy (non-hydrogen) atoms. The van der Waals surface area contributed by atoms with E-state index < -0.39 is 0 Å². The van der Waals surface area contributed by atoms with Crippen LogP contribution in [0.2, 0.25) is 0 Å². The number of allylic oxidation sites excluding steroid dienone is 2. The maximum atomic E-state index is 12.4. The van der Waals surface area contributed by atoms with Gasteiger partial charge >= 0.3 is 0 Å². The molecule has 0 aromatic heterocycles. The Morgan fingerprint density at radius 2 is 1.85 bits per heavy atom. The van der Waals surface area contributed by atoms with Gasteiger partial charge in [-0.1, -0.05) is 62.7 Å². The number of benzene rings is 3. The van der Waals surface area contributed by atoms with Gasteiger partial charge in [-0.15, -0.1) is 0 Å². The smallest absolute Gasteiger partial charge is 0.148 e. The van der Waals surface area contributed by atoms with Crippen molar-refractivity contribution in [2.45, 2.75) is 58.8 Å². The lowest BCUT2D eigenvalue weighted by molar-refractivity contribution is -0.105. The van der Waals surface area contributed by atoms with Crippen molar-refractivity contribution in [3.63, 3.8) is 0 Å². The van der Waals surface area contributed by atoms with Gasteiger partial charge in [0, 0.05) is 43.3 Å². The second-order valence-electron chi connectivity index (χ2n) is 9.95. The Morgan fingerprint density at radius 1 is 1.05 bits per heavy atom.